The van der Waals surface area contributed by atoms with Crippen molar-refractivity contribution in [3.63, 3.8) is 0 Å². The average molecular weight is 394 g/mol. The van der Waals surface area contributed by atoms with Crippen LogP contribution in [0.25, 0.3) is 11.3 Å². The summed E-state index contributed by atoms with van der Waals surface area (Å²) in [5, 5.41) is 13.4. The number of nitro benzene ring substituents is 1. The number of aryl methyl sites for hydroxylation is 2. The second-order valence-corrected chi connectivity index (χ2v) is 6.41. The zero-order valence-corrected chi connectivity index (χ0v) is 15.8. The first-order chi connectivity index (χ1) is 13.8. The normalized spacial score (nSPS) is 10.4. The van der Waals surface area contributed by atoms with Gasteiger partial charge >= 0.3 is 5.97 Å². The third-order valence-electron chi connectivity index (χ3n) is 4.17. The summed E-state index contributed by atoms with van der Waals surface area (Å²) in [5.41, 5.74) is 3.08. The van der Waals surface area contributed by atoms with E-state index in [2.05, 4.69) is 5.32 Å². The van der Waals surface area contributed by atoms with E-state index in [1.165, 1.54) is 30.3 Å². The highest BCUT2D eigenvalue weighted by molar-refractivity contribution is 5.95. The molecule has 0 bridgehead atoms. The molecule has 1 heterocycles. The summed E-state index contributed by atoms with van der Waals surface area (Å²) >= 11 is 0. The minimum atomic E-state index is -0.783. The fraction of sp³-hybridized carbons (Fsp3) is 0.143. The minimum Gasteiger partial charge on any atom is -0.450 e. The molecule has 3 rings (SSSR count). The van der Waals surface area contributed by atoms with E-state index in [-0.39, 0.29) is 11.4 Å². The summed E-state index contributed by atoms with van der Waals surface area (Å²) in [6.45, 7) is 3.32. The van der Waals surface area contributed by atoms with Gasteiger partial charge in [0.05, 0.1) is 4.92 Å². The Morgan fingerprint density at radius 1 is 1.07 bits per heavy atom. The van der Waals surface area contributed by atoms with Crippen molar-refractivity contribution in [1.82, 2.24) is 0 Å². The summed E-state index contributed by atoms with van der Waals surface area (Å²) in [6.07, 6.45) is 0. The van der Waals surface area contributed by atoms with Gasteiger partial charge in [-0.1, -0.05) is 12.1 Å². The summed E-state index contributed by atoms with van der Waals surface area (Å²) in [7, 11) is 0. The molecule has 2 aromatic carbocycles. The smallest absolute Gasteiger partial charge is 0.374 e. The van der Waals surface area contributed by atoms with Crippen LogP contribution in [0.5, 0.6) is 0 Å². The number of nitrogens with zero attached hydrogens (tertiary/aromatic N) is 1. The molecule has 0 fully saturated rings. The molecule has 8 heteroatoms. The first-order valence-electron chi connectivity index (χ1n) is 8.72. The van der Waals surface area contributed by atoms with Crippen LogP contribution in [0.1, 0.15) is 21.7 Å². The van der Waals surface area contributed by atoms with Crippen molar-refractivity contribution >= 4 is 23.3 Å². The highest BCUT2D eigenvalue weighted by Gasteiger charge is 2.16. The first-order valence-corrected chi connectivity index (χ1v) is 8.72. The van der Waals surface area contributed by atoms with Gasteiger partial charge in [-0.3, -0.25) is 14.9 Å². The van der Waals surface area contributed by atoms with Crippen LogP contribution in [0.4, 0.5) is 11.4 Å². The van der Waals surface area contributed by atoms with Crippen molar-refractivity contribution in [1.29, 1.82) is 0 Å². The number of carbonyl (C=O) groups is 2. The lowest BCUT2D eigenvalue weighted by molar-refractivity contribution is -0.384. The van der Waals surface area contributed by atoms with Gasteiger partial charge in [-0.2, -0.15) is 0 Å². The number of carbonyl (C=O) groups excluding carboxylic acids is 2. The van der Waals surface area contributed by atoms with Gasteiger partial charge in [0.25, 0.3) is 11.6 Å². The fourth-order valence-electron chi connectivity index (χ4n) is 2.61. The first kappa shape index (κ1) is 19.8. The van der Waals surface area contributed by atoms with E-state index in [0.29, 0.717) is 17.0 Å². The SMILES string of the molecule is Cc1ccc(C)c(NC(=O)COC(=O)c2ccc(-c3ccc([N+](=O)[O-])cc3)o2)c1. The number of nitrogens with one attached hydrogen (secondary N) is 1. The number of non-ortho nitro benzene ring substituents is 1. The van der Waals surface area contributed by atoms with Crippen molar-refractivity contribution in [2.24, 2.45) is 0 Å². The Bertz CT molecular complexity index is 1070. The maximum absolute atomic E-state index is 12.1. The van der Waals surface area contributed by atoms with E-state index in [9.17, 15) is 19.7 Å². The Balaban J connectivity index is 1.59. The van der Waals surface area contributed by atoms with Gasteiger partial charge < -0.3 is 14.5 Å². The van der Waals surface area contributed by atoms with Crippen LogP contribution in [0.2, 0.25) is 0 Å². The van der Waals surface area contributed by atoms with Gasteiger partial charge in [0, 0.05) is 23.4 Å². The molecular weight excluding hydrogens is 376 g/mol. The Labute approximate surface area is 166 Å². The molecule has 0 unspecified atom stereocenters. The van der Waals surface area contributed by atoms with Gasteiger partial charge in [0.1, 0.15) is 5.76 Å². The Morgan fingerprint density at radius 3 is 2.48 bits per heavy atom. The molecule has 8 nitrogen and oxygen atoms in total. The van der Waals surface area contributed by atoms with Crippen LogP contribution in [-0.4, -0.2) is 23.4 Å². The number of ether oxygens (including phenoxy) is 1. The van der Waals surface area contributed by atoms with E-state index in [4.69, 9.17) is 9.15 Å². The highest BCUT2D eigenvalue weighted by atomic mass is 16.6. The van der Waals surface area contributed by atoms with E-state index >= 15 is 0 Å². The quantitative estimate of drug-likeness (QED) is 0.380. The molecule has 3 aromatic rings. The number of furan rings is 1. The van der Waals surface area contributed by atoms with Gasteiger partial charge in [0.2, 0.25) is 5.76 Å². The zero-order valence-electron chi connectivity index (χ0n) is 15.8. The number of hydrogen-bond acceptors (Lipinski definition) is 6. The molecule has 1 N–H and O–H groups in total. The Morgan fingerprint density at radius 2 is 1.79 bits per heavy atom. The fourth-order valence-corrected chi connectivity index (χ4v) is 2.61. The number of nitro groups is 1. The maximum atomic E-state index is 12.1. The predicted octanol–water partition coefficient (Wildman–Crippen LogP) is 4.27. The molecule has 0 saturated heterocycles. The van der Waals surface area contributed by atoms with Gasteiger partial charge in [0.15, 0.2) is 6.61 Å². The van der Waals surface area contributed by atoms with Crippen LogP contribution in [-0.2, 0) is 9.53 Å². The molecule has 0 radical (unpaired) electrons. The van der Waals surface area contributed by atoms with E-state index < -0.39 is 23.4 Å². The third kappa shape index (κ3) is 4.86. The average Bonchev–Trinajstić information content (AvgIpc) is 3.19. The molecule has 0 atom stereocenters. The molecule has 1 amide bonds. The number of amides is 1. The number of hydrogen-bond donors (Lipinski definition) is 1. The van der Waals surface area contributed by atoms with Crippen molar-refractivity contribution in [3.8, 4) is 11.3 Å². The molecule has 0 aliphatic rings. The van der Waals surface area contributed by atoms with Gasteiger partial charge in [-0.05, 0) is 55.3 Å². The number of rotatable bonds is 6. The van der Waals surface area contributed by atoms with Crippen molar-refractivity contribution < 1.29 is 23.7 Å². The van der Waals surface area contributed by atoms with Gasteiger partial charge in [-0.25, -0.2) is 4.79 Å². The largest absolute Gasteiger partial charge is 0.450 e. The lowest BCUT2D eigenvalue weighted by Crippen LogP contribution is -2.21. The standard InChI is InChI=1S/C21H18N2O6/c1-13-3-4-14(2)17(11-13)22-20(24)12-28-21(25)19-10-9-18(29-19)15-5-7-16(8-6-15)23(26)27/h3-11H,12H2,1-2H3,(H,22,24). The zero-order chi connectivity index (χ0) is 21.0. The molecular formula is C21H18N2O6. The lowest BCUT2D eigenvalue weighted by Gasteiger charge is -2.09. The van der Waals surface area contributed by atoms with Crippen LogP contribution >= 0.6 is 0 Å². The second kappa shape index (κ2) is 8.39. The molecule has 1 aromatic heterocycles. The molecule has 0 aliphatic carbocycles. The third-order valence-corrected chi connectivity index (χ3v) is 4.17. The summed E-state index contributed by atoms with van der Waals surface area (Å²) < 4.78 is 10.4. The maximum Gasteiger partial charge on any atom is 0.374 e. The molecule has 0 spiro atoms. The van der Waals surface area contributed by atoms with E-state index in [1.54, 1.807) is 6.07 Å². The van der Waals surface area contributed by atoms with Crippen molar-refractivity contribution in [3.05, 3.63) is 81.6 Å². The van der Waals surface area contributed by atoms with Crippen LogP contribution in [0.15, 0.2) is 59.0 Å². The van der Waals surface area contributed by atoms with Crippen molar-refractivity contribution in [2.45, 2.75) is 13.8 Å². The summed E-state index contributed by atoms with van der Waals surface area (Å²) in [4.78, 5) is 34.4. The molecule has 148 valence electrons. The molecule has 29 heavy (non-hydrogen) atoms. The monoisotopic (exact) mass is 394 g/mol. The lowest BCUT2D eigenvalue weighted by atomic mass is 10.1. The van der Waals surface area contributed by atoms with Crippen molar-refractivity contribution in [2.75, 3.05) is 11.9 Å². The van der Waals surface area contributed by atoms with E-state index in [1.807, 2.05) is 32.0 Å². The Kier molecular flexibility index (Phi) is 5.73. The van der Waals surface area contributed by atoms with Crippen LogP contribution in [0, 0.1) is 24.0 Å². The molecule has 0 aliphatic heterocycles. The number of anilines is 1. The van der Waals surface area contributed by atoms with Gasteiger partial charge in [-0.15, -0.1) is 0 Å². The minimum absolute atomic E-state index is 0.0465. The Hall–Kier alpha value is -3.94. The second-order valence-electron chi connectivity index (χ2n) is 6.41. The summed E-state index contributed by atoms with van der Waals surface area (Å²) in [5.74, 6) is -0.965. The molecule has 0 saturated carbocycles. The number of esters is 1. The topological polar surface area (TPSA) is 112 Å². The number of benzene rings is 2. The van der Waals surface area contributed by atoms with E-state index in [0.717, 1.165) is 11.1 Å². The van der Waals surface area contributed by atoms with Crippen LogP contribution < -0.4 is 5.32 Å². The van der Waals surface area contributed by atoms with Crippen LogP contribution in [0.3, 0.4) is 0 Å². The predicted molar refractivity (Wildman–Crippen MR) is 106 cm³/mol. The highest BCUT2D eigenvalue weighted by Crippen LogP contribution is 2.25. The summed E-state index contributed by atoms with van der Waals surface area (Å²) in [6, 6.07) is 14.3.